The first kappa shape index (κ1) is 16.4. The van der Waals surface area contributed by atoms with Crippen molar-refractivity contribution in [2.24, 2.45) is 0 Å². The summed E-state index contributed by atoms with van der Waals surface area (Å²) >= 11 is 0. The summed E-state index contributed by atoms with van der Waals surface area (Å²) in [4.78, 5) is 22.1. The van der Waals surface area contributed by atoms with Crippen LogP contribution in [-0.2, 0) is 9.59 Å². The number of carbonyl (C=O) groups is 2. The quantitative estimate of drug-likeness (QED) is 0.762. The van der Waals surface area contributed by atoms with Crippen LogP contribution in [0.1, 0.15) is 13.8 Å². The van der Waals surface area contributed by atoms with E-state index >= 15 is 0 Å². The number of benzene rings is 2. The van der Waals surface area contributed by atoms with Crippen LogP contribution in [0, 0.1) is 0 Å². The number of nitrogens with zero attached hydrogens (tertiary/aromatic N) is 2. The molecule has 0 aliphatic heterocycles. The van der Waals surface area contributed by atoms with Crippen LogP contribution >= 0.6 is 0 Å². The molecule has 126 valence electrons. The van der Waals surface area contributed by atoms with Crippen LogP contribution in [0.3, 0.4) is 0 Å². The summed E-state index contributed by atoms with van der Waals surface area (Å²) in [5.74, 6) is 0.511. The fourth-order valence-electron chi connectivity index (χ4n) is 2.26. The number of carbonyl (C=O) groups excluding carboxylic acids is 2. The lowest BCUT2D eigenvalue weighted by molar-refractivity contribution is -0.115. The van der Waals surface area contributed by atoms with Crippen molar-refractivity contribution in [3.8, 4) is 22.9 Å². The summed E-state index contributed by atoms with van der Waals surface area (Å²) in [6.45, 7) is 2.91. The van der Waals surface area contributed by atoms with Crippen molar-refractivity contribution in [2.45, 2.75) is 13.8 Å². The van der Waals surface area contributed by atoms with Gasteiger partial charge in [-0.05, 0) is 48.5 Å². The minimum absolute atomic E-state index is 0.129. The Kier molecular flexibility index (Phi) is 4.56. The minimum atomic E-state index is -0.129. The first-order chi connectivity index (χ1) is 12.0. The van der Waals surface area contributed by atoms with Crippen LogP contribution in [0.5, 0.6) is 0 Å². The van der Waals surface area contributed by atoms with Gasteiger partial charge in [0.1, 0.15) is 0 Å². The summed E-state index contributed by atoms with van der Waals surface area (Å²) in [5, 5.41) is 13.5. The first-order valence-corrected chi connectivity index (χ1v) is 7.61. The van der Waals surface area contributed by atoms with Crippen molar-refractivity contribution in [3.05, 3.63) is 48.5 Å². The maximum atomic E-state index is 11.0. The molecule has 0 atom stereocenters. The monoisotopic (exact) mass is 336 g/mol. The maximum Gasteiger partial charge on any atom is 0.248 e. The molecule has 1 aromatic heterocycles. The molecule has 2 aromatic carbocycles. The van der Waals surface area contributed by atoms with Gasteiger partial charge >= 0.3 is 0 Å². The predicted octanol–water partition coefficient (Wildman–Crippen LogP) is 3.32. The van der Waals surface area contributed by atoms with Gasteiger partial charge < -0.3 is 15.1 Å². The second-order valence-corrected chi connectivity index (χ2v) is 5.43. The lowest BCUT2D eigenvalue weighted by Crippen LogP contribution is -2.05. The molecule has 0 unspecified atom stereocenters. The van der Waals surface area contributed by atoms with Gasteiger partial charge in [-0.2, -0.15) is 0 Å². The Bertz CT molecular complexity index is 825. The van der Waals surface area contributed by atoms with E-state index in [1.807, 2.05) is 0 Å². The van der Waals surface area contributed by atoms with E-state index in [4.69, 9.17) is 4.42 Å². The summed E-state index contributed by atoms with van der Waals surface area (Å²) in [5.41, 5.74) is 2.90. The van der Waals surface area contributed by atoms with E-state index in [9.17, 15) is 9.59 Å². The number of rotatable bonds is 4. The third-order valence-corrected chi connectivity index (χ3v) is 3.33. The molecule has 0 saturated heterocycles. The molecule has 0 saturated carbocycles. The van der Waals surface area contributed by atoms with Crippen LogP contribution in [0.25, 0.3) is 22.9 Å². The van der Waals surface area contributed by atoms with E-state index in [0.717, 1.165) is 11.1 Å². The van der Waals surface area contributed by atoms with Crippen molar-refractivity contribution in [2.75, 3.05) is 10.6 Å². The van der Waals surface area contributed by atoms with Crippen molar-refractivity contribution in [3.63, 3.8) is 0 Å². The highest BCUT2D eigenvalue weighted by Crippen LogP contribution is 2.25. The zero-order chi connectivity index (χ0) is 17.8. The van der Waals surface area contributed by atoms with E-state index in [2.05, 4.69) is 20.8 Å². The number of hydrogen-bond acceptors (Lipinski definition) is 5. The van der Waals surface area contributed by atoms with E-state index in [1.54, 1.807) is 48.5 Å². The van der Waals surface area contributed by atoms with Gasteiger partial charge in [0, 0.05) is 36.3 Å². The molecule has 0 spiro atoms. The Morgan fingerprint density at radius 2 is 1.08 bits per heavy atom. The van der Waals surface area contributed by atoms with Gasteiger partial charge in [0.15, 0.2) is 0 Å². The van der Waals surface area contributed by atoms with E-state index in [0.29, 0.717) is 23.2 Å². The number of hydrogen-bond donors (Lipinski definition) is 2. The molecule has 7 nitrogen and oxygen atoms in total. The van der Waals surface area contributed by atoms with Gasteiger partial charge in [-0.25, -0.2) is 0 Å². The van der Waals surface area contributed by atoms with E-state index in [-0.39, 0.29) is 11.8 Å². The van der Waals surface area contributed by atoms with Crippen molar-refractivity contribution >= 4 is 23.2 Å². The zero-order valence-electron chi connectivity index (χ0n) is 13.7. The SMILES string of the molecule is CC(=O)Nc1ccc(-c2nnc(-c3ccc(NC(C)=O)cc3)o2)cc1. The molecule has 1 heterocycles. The molecule has 2 N–H and O–H groups in total. The Balaban J connectivity index is 1.77. The molecule has 0 radical (unpaired) electrons. The smallest absolute Gasteiger partial charge is 0.248 e. The molecule has 3 rings (SSSR count). The third-order valence-electron chi connectivity index (χ3n) is 3.33. The molecule has 0 aliphatic rings. The van der Waals surface area contributed by atoms with Crippen LogP contribution < -0.4 is 10.6 Å². The number of amides is 2. The van der Waals surface area contributed by atoms with Gasteiger partial charge in [-0.1, -0.05) is 0 Å². The average Bonchev–Trinajstić information content (AvgIpc) is 3.05. The molecule has 2 amide bonds. The fraction of sp³-hybridized carbons (Fsp3) is 0.111. The zero-order valence-corrected chi connectivity index (χ0v) is 13.7. The van der Waals surface area contributed by atoms with Gasteiger partial charge in [0.25, 0.3) is 0 Å². The predicted molar refractivity (Wildman–Crippen MR) is 93.8 cm³/mol. The van der Waals surface area contributed by atoms with Crippen LogP contribution in [0.2, 0.25) is 0 Å². The van der Waals surface area contributed by atoms with E-state index in [1.165, 1.54) is 13.8 Å². The average molecular weight is 336 g/mol. The molecule has 0 fully saturated rings. The standard InChI is InChI=1S/C18H16N4O3/c1-11(23)19-15-7-3-13(4-8-15)17-21-22-18(25-17)14-5-9-16(10-6-14)20-12(2)24/h3-10H,1-2H3,(H,19,23)(H,20,24). The number of nitrogens with one attached hydrogen (secondary N) is 2. The maximum absolute atomic E-state index is 11.0. The highest BCUT2D eigenvalue weighted by atomic mass is 16.4. The summed E-state index contributed by atoms with van der Waals surface area (Å²) < 4.78 is 5.70. The first-order valence-electron chi connectivity index (χ1n) is 7.61. The van der Waals surface area contributed by atoms with Gasteiger partial charge in [0.2, 0.25) is 23.6 Å². The normalized spacial score (nSPS) is 10.3. The van der Waals surface area contributed by atoms with Gasteiger partial charge in [-0.15, -0.1) is 10.2 Å². The molecular formula is C18H16N4O3. The summed E-state index contributed by atoms with van der Waals surface area (Å²) in [7, 11) is 0. The Labute approximate surface area is 144 Å². The van der Waals surface area contributed by atoms with Crippen molar-refractivity contribution in [1.82, 2.24) is 10.2 Å². The molecule has 3 aromatic rings. The third kappa shape index (κ3) is 4.08. The topological polar surface area (TPSA) is 97.1 Å². The minimum Gasteiger partial charge on any atom is -0.416 e. The van der Waals surface area contributed by atoms with Crippen molar-refractivity contribution in [1.29, 1.82) is 0 Å². The molecule has 25 heavy (non-hydrogen) atoms. The van der Waals surface area contributed by atoms with Crippen LogP contribution in [0.4, 0.5) is 11.4 Å². The number of aromatic nitrogens is 2. The Hall–Kier alpha value is -3.48. The Morgan fingerprint density at radius 3 is 1.40 bits per heavy atom. The highest BCUT2D eigenvalue weighted by molar-refractivity contribution is 5.89. The lowest BCUT2D eigenvalue weighted by atomic mass is 10.2. The summed E-state index contributed by atoms with van der Waals surface area (Å²) in [6, 6.07) is 14.2. The van der Waals surface area contributed by atoms with Gasteiger partial charge in [-0.3, -0.25) is 9.59 Å². The lowest BCUT2D eigenvalue weighted by Gasteiger charge is -2.02. The fourth-order valence-corrected chi connectivity index (χ4v) is 2.26. The van der Waals surface area contributed by atoms with Crippen LogP contribution in [0.15, 0.2) is 52.9 Å². The largest absolute Gasteiger partial charge is 0.416 e. The molecule has 7 heteroatoms. The second kappa shape index (κ2) is 6.96. The second-order valence-electron chi connectivity index (χ2n) is 5.43. The van der Waals surface area contributed by atoms with Crippen LogP contribution in [-0.4, -0.2) is 22.0 Å². The molecule has 0 aliphatic carbocycles. The highest BCUT2D eigenvalue weighted by Gasteiger charge is 2.11. The molecular weight excluding hydrogens is 320 g/mol. The Morgan fingerprint density at radius 1 is 0.720 bits per heavy atom. The summed E-state index contributed by atoms with van der Waals surface area (Å²) in [6.07, 6.45) is 0. The molecule has 0 bridgehead atoms. The van der Waals surface area contributed by atoms with E-state index < -0.39 is 0 Å². The van der Waals surface area contributed by atoms with Crippen molar-refractivity contribution < 1.29 is 14.0 Å². The van der Waals surface area contributed by atoms with Gasteiger partial charge in [0.05, 0.1) is 0 Å². The number of anilines is 2.